The second kappa shape index (κ2) is 13.7. The summed E-state index contributed by atoms with van der Waals surface area (Å²) in [4.78, 5) is 28.6. The first-order valence-corrected chi connectivity index (χ1v) is 15.7. The molecule has 11 heteroatoms. The lowest BCUT2D eigenvalue weighted by molar-refractivity contribution is -0.140. The van der Waals surface area contributed by atoms with Gasteiger partial charge in [0.1, 0.15) is 18.3 Å². The van der Waals surface area contributed by atoms with Gasteiger partial charge in [0.05, 0.1) is 17.2 Å². The number of ether oxygens (including phenoxy) is 1. The van der Waals surface area contributed by atoms with Crippen LogP contribution in [-0.2, 0) is 26.2 Å². The van der Waals surface area contributed by atoms with Crippen LogP contribution in [0.1, 0.15) is 40.2 Å². The van der Waals surface area contributed by atoms with Gasteiger partial charge < -0.3 is 15.0 Å². The highest BCUT2D eigenvalue weighted by Gasteiger charge is 2.33. The van der Waals surface area contributed by atoms with E-state index in [4.69, 9.17) is 16.3 Å². The highest BCUT2D eigenvalue weighted by atomic mass is 79.9. The Hall–Kier alpha value is -3.08. The Labute approximate surface area is 255 Å². The summed E-state index contributed by atoms with van der Waals surface area (Å²) in [6.07, 6.45) is 0. The molecule has 2 amide bonds. The van der Waals surface area contributed by atoms with E-state index in [2.05, 4.69) is 21.2 Å². The molecule has 220 valence electrons. The van der Waals surface area contributed by atoms with Crippen molar-refractivity contribution in [1.82, 2.24) is 10.2 Å². The molecule has 0 saturated heterocycles. The third kappa shape index (κ3) is 8.70. The monoisotopic (exact) mass is 663 g/mol. The predicted molar refractivity (Wildman–Crippen MR) is 166 cm³/mol. The topological polar surface area (TPSA) is 96.0 Å². The zero-order chi connectivity index (χ0) is 30.4. The van der Waals surface area contributed by atoms with Crippen LogP contribution in [-0.4, -0.2) is 49.9 Å². The van der Waals surface area contributed by atoms with Crippen molar-refractivity contribution in [1.29, 1.82) is 0 Å². The summed E-state index contributed by atoms with van der Waals surface area (Å²) < 4.78 is 35.1. The largest absolute Gasteiger partial charge is 0.494 e. The van der Waals surface area contributed by atoms with Crippen LogP contribution >= 0.6 is 27.5 Å². The molecular weight excluding hydrogens is 630 g/mol. The van der Waals surface area contributed by atoms with Gasteiger partial charge in [-0.1, -0.05) is 45.7 Å². The highest BCUT2D eigenvalue weighted by molar-refractivity contribution is 9.10. The third-order valence-electron chi connectivity index (χ3n) is 6.08. The Bertz CT molecular complexity index is 1460. The maximum Gasteiger partial charge on any atom is 0.264 e. The molecule has 0 saturated carbocycles. The predicted octanol–water partition coefficient (Wildman–Crippen LogP) is 6.03. The van der Waals surface area contributed by atoms with Crippen molar-refractivity contribution in [2.45, 2.75) is 57.6 Å². The summed E-state index contributed by atoms with van der Waals surface area (Å²) in [6, 6.07) is 18.7. The molecule has 0 radical (unpaired) electrons. The quantitative estimate of drug-likeness (QED) is 0.270. The second-order valence-corrected chi connectivity index (χ2v) is 13.6. The van der Waals surface area contributed by atoms with E-state index in [1.165, 1.54) is 17.0 Å². The minimum absolute atomic E-state index is 0.00663. The molecule has 1 atom stereocenters. The van der Waals surface area contributed by atoms with Gasteiger partial charge in [-0.15, -0.1) is 0 Å². The van der Waals surface area contributed by atoms with Crippen LogP contribution in [0, 0.1) is 0 Å². The van der Waals surface area contributed by atoms with Crippen molar-refractivity contribution < 1.29 is 22.7 Å². The fourth-order valence-corrected chi connectivity index (χ4v) is 5.88. The number of nitrogens with one attached hydrogen (secondary N) is 1. The average molecular weight is 665 g/mol. The first-order valence-electron chi connectivity index (χ1n) is 13.1. The number of halogens is 2. The van der Waals surface area contributed by atoms with E-state index in [0.29, 0.717) is 27.4 Å². The van der Waals surface area contributed by atoms with E-state index in [0.717, 1.165) is 4.31 Å². The van der Waals surface area contributed by atoms with E-state index in [9.17, 15) is 18.0 Å². The number of carbonyl (C=O) groups excluding carboxylic acids is 2. The van der Waals surface area contributed by atoms with Crippen molar-refractivity contribution in [2.75, 3.05) is 17.5 Å². The minimum Gasteiger partial charge on any atom is -0.494 e. The Morgan fingerprint density at radius 1 is 1.00 bits per heavy atom. The van der Waals surface area contributed by atoms with Gasteiger partial charge in [0.25, 0.3) is 10.0 Å². The van der Waals surface area contributed by atoms with Gasteiger partial charge >= 0.3 is 0 Å². The van der Waals surface area contributed by atoms with Crippen molar-refractivity contribution in [3.05, 3.63) is 87.9 Å². The smallest absolute Gasteiger partial charge is 0.264 e. The molecule has 0 aliphatic heterocycles. The molecule has 0 unspecified atom stereocenters. The summed E-state index contributed by atoms with van der Waals surface area (Å²) in [5, 5.41) is 3.33. The van der Waals surface area contributed by atoms with E-state index >= 15 is 0 Å². The van der Waals surface area contributed by atoms with Crippen molar-refractivity contribution in [3.63, 3.8) is 0 Å². The molecule has 3 aromatic rings. The standard InChI is InChI=1S/C30H35BrClN3O5S/c1-6-40-25-15-13-24(14-16-25)35(41(38,39)26-17-11-23(31)12-18-26)20-28(36)34(19-22-9-7-8-10-27(22)32)21(2)29(37)33-30(3,4)5/h7-18,21H,6,19-20H2,1-5H3,(H,33,37)/t21-/m0/s1. The third-order valence-corrected chi connectivity index (χ3v) is 8.77. The zero-order valence-electron chi connectivity index (χ0n) is 23.7. The fourth-order valence-electron chi connectivity index (χ4n) is 4.00. The average Bonchev–Trinajstić information content (AvgIpc) is 2.90. The Kier molecular flexibility index (Phi) is 10.9. The first kappa shape index (κ1) is 32.4. The molecule has 0 aliphatic carbocycles. The van der Waals surface area contributed by atoms with Crippen LogP contribution in [0.4, 0.5) is 5.69 Å². The summed E-state index contributed by atoms with van der Waals surface area (Å²) in [5.74, 6) is -0.381. The fraction of sp³-hybridized carbons (Fsp3) is 0.333. The maximum absolute atomic E-state index is 14.0. The number of hydrogen-bond donors (Lipinski definition) is 1. The number of benzene rings is 3. The van der Waals surface area contributed by atoms with Crippen molar-refractivity contribution in [3.8, 4) is 5.75 Å². The Morgan fingerprint density at radius 3 is 2.17 bits per heavy atom. The summed E-state index contributed by atoms with van der Waals surface area (Å²) >= 11 is 9.74. The molecule has 0 bridgehead atoms. The number of anilines is 1. The number of rotatable bonds is 11. The molecule has 0 heterocycles. The Morgan fingerprint density at radius 2 is 1.61 bits per heavy atom. The van der Waals surface area contributed by atoms with Crippen molar-refractivity contribution in [2.24, 2.45) is 0 Å². The van der Waals surface area contributed by atoms with Gasteiger partial charge in [-0.2, -0.15) is 0 Å². The number of nitrogens with zero attached hydrogens (tertiary/aromatic N) is 2. The number of sulfonamides is 1. The molecular formula is C30H35BrClN3O5S. The molecule has 8 nitrogen and oxygen atoms in total. The number of carbonyl (C=O) groups is 2. The van der Waals surface area contributed by atoms with E-state index in [-0.39, 0.29) is 23.0 Å². The van der Waals surface area contributed by atoms with Gasteiger partial charge in [0.2, 0.25) is 11.8 Å². The lowest BCUT2D eigenvalue weighted by Crippen LogP contribution is -2.54. The van der Waals surface area contributed by atoms with Crippen LogP contribution < -0.4 is 14.4 Å². The lowest BCUT2D eigenvalue weighted by atomic mass is 10.1. The molecule has 0 spiro atoms. The van der Waals surface area contributed by atoms with Crippen LogP contribution in [0.3, 0.4) is 0 Å². The molecule has 3 aromatic carbocycles. The molecule has 1 N–H and O–H groups in total. The zero-order valence-corrected chi connectivity index (χ0v) is 26.9. The van der Waals surface area contributed by atoms with E-state index in [1.54, 1.807) is 67.6 Å². The second-order valence-electron chi connectivity index (χ2n) is 10.4. The van der Waals surface area contributed by atoms with E-state index in [1.807, 2.05) is 27.7 Å². The van der Waals surface area contributed by atoms with Gasteiger partial charge in [-0.05, 0) is 94.8 Å². The summed E-state index contributed by atoms with van der Waals surface area (Å²) in [7, 11) is -4.18. The minimum atomic E-state index is -4.18. The molecule has 0 fully saturated rings. The van der Waals surface area contributed by atoms with Gasteiger partial charge in [0, 0.05) is 21.6 Å². The molecule has 3 rings (SSSR count). The van der Waals surface area contributed by atoms with Gasteiger partial charge in [-0.25, -0.2) is 8.42 Å². The first-order chi connectivity index (χ1) is 19.2. The molecule has 0 aromatic heterocycles. The van der Waals surface area contributed by atoms with Gasteiger partial charge in [-0.3, -0.25) is 13.9 Å². The summed E-state index contributed by atoms with van der Waals surface area (Å²) in [5.41, 5.74) is 0.361. The lowest BCUT2D eigenvalue weighted by Gasteiger charge is -2.33. The van der Waals surface area contributed by atoms with Crippen LogP contribution in [0.15, 0.2) is 82.2 Å². The Balaban J connectivity index is 2.05. The van der Waals surface area contributed by atoms with Crippen LogP contribution in [0.5, 0.6) is 5.75 Å². The van der Waals surface area contributed by atoms with Crippen LogP contribution in [0.2, 0.25) is 5.02 Å². The van der Waals surface area contributed by atoms with Crippen molar-refractivity contribution >= 4 is 55.1 Å². The SMILES string of the molecule is CCOc1ccc(N(CC(=O)N(Cc2ccccc2Cl)[C@@H](C)C(=O)NC(C)(C)C)S(=O)(=O)c2ccc(Br)cc2)cc1. The van der Waals surface area contributed by atoms with Crippen LogP contribution in [0.25, 0.3) is 0 Å². The number of hydrogen-bond acceptors (Lipinski definition) is 5. The van der Waals surface area contributed by atoms with Gasteiger partial charge in [0.15, 0.2) is 0 Å². The molecule has 41 heavy (non-hydrogen) atoms. The molecule has 0 aliphatic rings. The summed E-state index contributed by atoms with van der Waals surface area (Å²) in [6.45, 7) is 8.89. The normalized spacial score (nSPS) is 12.4. The maximum atomic E-state index is 14.0. The highest BCUT2D eigenvalue weighted by Crippen LogP contribution is 2.28. The number of amides is 2. The van der Waals surface area contributed by atoms with E-state index < -0.39 is 34.1 Å².